The molecule has 1 aromatic heterocycles. The summed E-state index contributed by atoms with van der Waals surface area (Å²) < 4.78 is 7.50. The monoisotopic (exact) mass is 435 g/mol. The van der Waals surface area contributed by atoms with Gasteiger partial charge in [-0.05, 0) is 42.4 Å². The molecule has 2 atom stereocenters. The van der Waals surface area contributed by atoms with Gasteiger partial charge in [-0.25, -0.2) is 4.79 Å². The lowest BCUT2D eigenvalue weighted by atomic mass is 9.56. The van der Waals surface area contributed by atoms with Crippen LogP contribution in [0.3, 0.4) is 0 Å². The van der Waals surface area contributed by atoms with Crippen molar-refractivity contribution in [2.24, 2.45) is 12.5 Å². The average molecular weight is 436 g/mol. The van der Waals surface area contributed by atoms with Crippen molar-refractivity contribution in [2.75, 3.05) is 32.8 Å². The molecule has 1 spiro atoms. The topological polar surface area (TPSA) is 79.7 Å². The van der Waals surface area contributed by atoms with Crippen molar-refractivity contribution in [3.8, 4) is 11.3 Å². The molecule has 0 unspecified atom stereocenters. The molecule has 3 aliphatic heterocycles. The number of aryl methyl sites for hydroxylation is 1. The highest BCUT2D eigenvalue weighted by Gasteiger charge is 2.54. The minimum absolute atomic E-state index is 0.0381. The molecule has 3 amide bonds. The van der Waals surface area contributed by atoms with Gasteiger partial charge in [-0.2, -0.15) is 5.10 Å². The summed E-state index contributed by atoms with van der Waals surface area (Å²) in [4.78, 5) is 28.5. The van der Waals surface area contributed by atoms with E-state index in [0.717, 1.165) is 38.0 Å². The smallest absolute Gasteiger partial charge is 0.320 e. The minimum atomic E-state index is -0.0858. The van der Waals surface area contributed by atoms with Gasteiger partial charge in [-0.3, -0.25) is 9.48 Å². The van der Waals surface area contributed by atoms with E-state index in [1.54, 1.807) is 0 Å². The summed E-state index contributed by atoms with van der Waals surface area (Å²) in [7, 11) is 1.96. The van der Waals surface area contributed by atoms with Crippen molar-refractivity contribution >= 4 is 11.9 Å². The number of amides is 3. The SMILES string of the molecule is Cn1nccc1-c1ccc(C2CC3(C2)CN(C(=O)N2CC[C@@H]4OCC(=O)N[C@@H]4C2)C3)cc1. The zero-order valence-corrected chi connectivity index (χ0v) is 18.4. The van der Waals surface area contributed by atoms with Crippen LogP contribution in [-0.2, 0) is 16.6 Å². The number of carbonyl (C=O) groups is 2. The number of aromatic nitrogens is 2. The third kappa shape index (κ3) is 3.28. The van der Waals surface area contributed by atoms with Crippen LogP contribution >= 0.6 is 0 Å². The third-order valence-corrected chi connectivity index (χ3v) is 7.78. The fourth-order valence-corrected chi connectivity index (χ4v) is 6.03. The Hall–Kier alpha value is -2.87. The zero-order chi connectivity index (χ0) is 21.9. The Morgan fingerprint density at radius 1 is 1.16 bits per heavy atom. The second-order valence-electron chi connectivity index (χ2n) is 9.96. The summed E-state index contributed by atoms with van der Waals surface area (Å²) in [5.74, 6) is 0.496. The Morgan fingerprint density at radius 2 is 1.94 bits per heavy atom. The first-order valence-electron chi connectivity index (χ1n) is 11.5. The van der Waals surface area contributed by atoms with Gasteiger partial charge in [0.15, 0.2) is 0 Å². The molecule has 8 nitrogen and oxygen atoms in total. The Labute approximate surface area is 187 Å². The van der Waals surface area contributed by atoms with Crippen LogP contribution in [0, 0.1) is 5.41 Å². The molecule has 1 aliphatic carbocycles. The highest BCUT2D eigenvalue weighted by molar-refractivity contribution is 5.79. The second kappa shape index (κ2) is 7.33. The highest BCUT2D eigenvalue weighted by Crippen LogP contribution is 2.56. The first kappa shape index (κ1) is 19.8. The lowest BCUT2D eigenvalue weighted by molar-refractivity contribution is -0.140. The molecule has 32 heavy (non-hydrogen) atoms. The van der Waals surface area contributed by atoms with Gasteiger partial charge in [0.2, 0.25) is 5.91 Å². The van der Waals surface area contributed by atoms with Crippen molar-refractivity contribution in [1.82, 2.24) is 24.9 Å². The molecule has 8 heteroatoms. The van der Waals surface area contributed by atoms with E-state index >= 15 is 0 Å². The molecule has 0 bridgehead atoms. The largest absolute Gasteiger partial charge is 0.366 e. The van der Waals surface area contributed by atoms with E-state index < -0.39 is 0 Å². The van der Waals surface area contributed by atoms with Gasteiger partial charge < -0.3 is 19.9 Å². The molecule has 1 N–H and O–H groups in total. The van der Waals surface area contributed by atoms with Gasteiger partial charge in [-0.15, -0.1) is 0 Å². The predicted molar refractivity (Wildman–Crippen MR) is 118 cm³/mol. The fraction of sp³-hybridized carbons (Fsp3) is 0.542. The summed E-state index contributed by atoms with van der Waals surface area (Å²) in [6.07, 6.45) is 4.94. The third-order valence-electron chi connectivity index (χ3n) is 7.78. The van der Waals surface area contributed by atoms with E-state index in [1.165, 1.54) is 11.1 Å². The number of rotatable bonds is 2. The van der Waals surface area contributed by atoms with Gasteiger partial charge in [0.1, 0.15) is 6.61 Å². The number of morpholine rings is 1. The van der Waals surface area contributed by atoms with E-state index in [2.05, 4.69) is 34.7 Å². The first-order valence-corrected chi connectivity index (χ1v) is 11.5. The van der Waals surface area contributed by atoms with Crippen molar-refractivity contribution in [3.63, 3.8) is 0 Å². The van der Waals surface area contributed by atoms with Gasteiger partial charge >= 0.3 is 6.03 Å². The van der Waals surface area contributed by atoms with E-state index in [9.17, 15) is 9.59 Å². The van der Waals surface area contributed by atoms with Crippen molar-refractivity contribution in [1.29, 1.82) is 0 Å². The molecule has 4 aliphatic rings. The molecule has 1 saturated carbocycles. The molecule has 3 saturated heterocycles. The minimum Gasteiger partial charge on any atom is -0.366 e. The standard InChI is InChI=1S/C24H29N5O3/c1-27-20(6-8-25-27)17-4-2-16(3-5-17)18-10-24(11-18)14-29(15-24)23(31)28-9-7-21-19(12-28)26-22(30)13-32-21/h2-6,8,18-19,21H,7,9-15H2,1H3,(H,26,30)/t19-,21+/m1/s1. The molecule has 4 fully saturated rings. The predicted octanol–water partition coefficient (Wildman–Crippen LogP) is 1.98. The van der Waals surface area contributed by atoms with Crippen LogP contribution < -0.4 is 5.32 Å². The number of carbonyl (C=O) groups excluding carboxylic acids is 2. The summed E-state index contributed by atoms with van der Waals surface area (Å²) in [5, 5.41) is 7.23. The quantitative estimate of drug-likeness (QED) is 0.782. The van der Waals surface area contributed by atoms with Gasteiger partial charge in [0, 0.05) is 44.8 Å². The Kier molecular flexibility index (Phi) is 4.54. The maximum absolute atomic E-state index is 13.0. The molecule has 0 radical (unpaired) electrons. The second-order valence-corrected chi connectivity index (χ2v) is 9.96. The molecule has 168 valence electrons. The number of fused-ring (bicyclic) bond motifs is 1. The number of hydrogen-bond donors (Lipinski definition) is 1. The Bertz CT molecular complexity index is 1030. The number of urea groups is 1. The lowest BCUT2D eigenvalue weighted by Gasteiger charge is -2.60. The van der Waals surface area contributed by atoms with Crippen LogP contribution in [-0.4, -0.2) is 76.5 Å². The number of piperidine rings is 1. The van der Waals surface area contributed by atoms with Crippen molar-refractivity contribution in [2.45, 2.75) is 37.3 Å². The van der Waals surface area contributed by atoms with Crippen LogP contribution in [0.25, 0.3) is 11.3 Å². The Balaban J connectivity index is 1.02. The van der Waals surface area contributed by atoms with Crippen LogP contribution in [0.1, 0.15) is 30.7 Å². The molecular weight excluding hydrogens is 406 g/mol. The summed E-state index contributed by atoms with van der Waals surface area (Å²) in [6.45, 7) is 3.08. The van der Waals surface area contributed by atoms with E-state index in [-0.39, 0.29) is 30.7 Å². The highest BCUT2D eigenvalue weighted by atomic mass is 16.5. The summed E-state index contributed by atoms with van der Waals surface area (Å²) in [5.41, 5.74) is 3.99. The Morgan fingerprint density at radius 3 is 2.66 bits per heavy atom. The number of ether oxygens (including phenoxy) is 1. The molecular formula is C24H29N5O3. The maximum atomic E-state index is 13.0. The van der Waals surface area contributed by atoms with Crippen LogP contribution in [0.2, 0.25) is 0 Å². The van der Waals surface area contributed by atoms with Gasteiger partial charge in [0.25, 0.3) is 0 Å². The number of hydrogen-bond acceptors (Lipinski definition) is 4. The van der Waals surface area contributed by atoms with Crippen LogP contribution in [0.5, 0.6) is 0 Å². The normalized spacial score (nSPS) is 26.8. The van der Waals surface area contributed by atoms with Gasteiger partial charge in [0.05, 0.1) is 17.8 Å². The zero-order valence-electron chi connectivity index (χ0n) is 18.4. The number of nitrogens with zero attached hydrogens (tertiary/aromatic N) is 4. The molecule has 1 aromatic carbocycles. The molecule has 4 heterocycles. The molecule has 2 aromatic rings. The van der Waals surface area contributed by atoms with E-state index in [0.29, 0.717) is 24.4 Å². The van der Waals surface area contributed by atoms with Crippen molar-refractivity contribution in [3.05, 3.63) is 42.1 Å². The van der Waals surface area contributed by atoms with E-state index in [4.69, 9.17) is 4.74 Å². The molecule has 6 rings (SSSR count). The summed E-state index contributed by atoms with van der Waals surface area (Å²) in [6, 6.07) is 10.9. The lowest BCUT2D eigenvalue weighted by Crippen LogP contribution is -2.68. The fourth-order valence-electron chi connectivity index (χ4n) is 6.03. The number of nitrogens with one attached hydrogen (secondary N) is 1. The maximum Gasteiger partial charge on any atom is 0.320 e. The number of benzene rings is 1. The average Bonchev–Trinajstić information content (AvgIpc) is 3.17. The van der Waals surface area contributed by atoms with Gasteiger partial charge in [-0.1, -0.05) is 24.3 Å². The van der Waals surface area contributed by atoms with Crippen LogP contribution in [0.4, 0.5) is 4.79 Å². The summed E-state index contributed by atoms with van der Waals surface area (Å²) >= 11 is 0. The first-order chi connectivity index (χ1) is 15.5. The van der Waals surface area contributed by atoms with Crippen molar-refractivity contribution < 1.29 is 14.3 Å². The van der Waals surface area contributed by atoms with E-state index in [1.807, 2.05) is 33.8 Å². The van der Waals surface area contributed by atoms with Crippen LogP contribution in [0.15, 0.2) is 36.5 Å². The number of likely N-dealkylation sites (tertiary alicyclic amines) is 2.